The van der Waals surface area contributed by atoms with Crippen molar-refractivity contribution in [3.8, 4) is 0 Å². The van der Waals surface area contributed by atoms with Crippen LogP contribution in [0.25, 0.3) is 0 Å². The van der Waals surface area contributed by atoms with E-state index in [0.29, 0.717) is 0 Å². The lowest BCUT2D eigenvalue weighted by molar-refractivity contribution is -0.141. The first-order chi connectivity index (χ1) is 8.99. The molecule has 5 nitrogen and oxygen atoms in total. The van der Waals surface area contributed by atoms with Crippen molar-refractivity contribution in [2.24, 2.45) is 0 Å². The molecule has 100 valence electrons. The SMILES string of the molecule is Cc1cccc(C2CC(=O)N(CCC(=O)O)C2=O)c1. The molecule has 1 fully saturated rings. The number of likely N-dealkylation sites (tertiary alicyclic amines) is 1. The number of imide groups is 1. The summed E-state index contributed by atoms with van der Waals surface area (Å²) in [5.74, 6) is -2.07. The lowest BCUT2D eigenvalue weighted by Crippen LogP contribution is -2.32. The minimum atomic E-state index is -1.01. The minimum Gasteiger partial charge on any atom is -0.481 e. The van der Waals surface area contributed by atoms with Crippen molar-refractivity contribution in [2.45, 2.75) is 25.7 Å². The van der Waals surface area contributed by atoms with Gasteiger partial charge in [0.2, 0.25) is 11.8 Å². The van der Waals surface area contributed by atoms with Gasteiger partial charge in [-0.15, -0.1) is 0 Å². The van der Waals surface area contributed by atoms with Crippen molar-refractivity contribution in [1.82, 2.24) is 4.90 Å². The van der Waals surface area contributed by atoms with Gasteiger partial charge in [0, 0.05) is 13.0 Å². The Morgan fingerprint density at radius 3 is 2.79 bits per heavy atom. The molecular weight excluding hydrogens is 246 g/mol. The number of nitrogens with zero attached hydrogens (tertiary/aromatic N) is 1. The predicted octanol–water partition coefficient (Wildman–Crippen LogP) is 1.31. The molecule has 1 heterocycles. The second-order valence-corrected chi connectivity index (χ2v) is 4.70. The molecule has 19 heavy (non-hydrogen) atoms. The largest absolute Gasteiger partial charge is 0.481 e. The van der Waals surface area contributed by atoms with Gasteiger partial charge in [-0.25, -0.2) is 0 Å². The first-order valence-electron chi connectivity index (χ1n) is 6.11. The molecule has 2 rings (SSSR count). The molecule has 1 N–H and O–H groups in total. The molecule has 0 spiro atoms. The third kappa shape index (κ3) is 2.81. The number of aliphatic carboxylic acids is 1. The highest BCUT2D eigenvalue weighted by Crippen LogP contribution is 2.30. The molecule has 1 aliphatic heterocycles. The zero-order chi connectivity index (χ0) is 14.0. The summed E-state index contributed by atoms with van der Waals surface area (Å²) < 4.78 is 0. The van der Waals surface area contributed by atoms with Crippen molar-refractivity contribution in [1.29, 1.82) is 0 Å². The molecule has 0 aromatic heterocycles. The van der Waals surface area contributed by atoms with Gasteiger partial charge in [0.25, 0.3) is 0 Å². The molecule has 1 atom stereocenters. The van der Waals surface area contributed by atoms with Gasteiger partial charge in [0.1, 0.15) is 0 Å². The molecule has 1 aromatic carbocycles. The second-order valence-electron chi connectivity index (χ2n) is 4.70. The lowest BCUT2D eigenvalue weighted by atomic mass is 9.96. The fourth-order valence-corrected chi connectivity index (χ4v) is 2.27. The highest BCUT2D eigenvalue weighted by Gasteiger charge is 2.39. The summed E-state index contributed by atoms with van der Waals surface area (Å²) in [4.78, 5) is 35.5. The van der Waals surface area contributed by atoms with Crippen LogP contribution in [0, 0.1) is 6.92 Å². The summed E-state index contributed by atoms with van der Waals surface area (Å²) in [5.41, 5.74) is 1.85. The monoisotopic (exact) mass is 261 g/mol. The summed E-state index contributed by atoms with van der Waals surface area (Å²) in [6.45, 7) is 1.88. The van der Waals surface area contributed by atoms with Gasteiger partial charge in [-0.2, -0.15) is 0 Å². The number of benzene rings is 1. The van der Waals surface area contributed by atoms with Crippen molar-refractivity contribution in [3.63, 3.8) is 0 Å². The number of carboxylic acids is 1. The van der Waals surface area contributed by atoms with Crippen LogP contribution in [0.4, 0.5) is 0 Å². The van der Waals surface area contributed by atoms with Crippen molar-refractivity contribution >= 4 is 17.8 Å². The van der Waals surface area contributed by atoms with E-state index in [-0.39, 0.29) is 31.2 Å². The third-order valence-corrected chi connectivity index (χ3v) is 3.24. The lowest BCUT2D eigenvalue weighted by Gasteiger charge is -2.13. The molecule has 0 aliphatic carbocycles. The second kappa shape index (κ2) is 5.22. The number of amides is 2. The zero-order valence-corrected chi connectivity index (χ0v) is 10.6. The maximum absolute atomic E-state index is 12.2. The van der Waals surface area contributed by atoms with Crippen LogP contribution in [0.3, 0.4) is 0 Å². The molecule has 1 unspecified atom stereocenters. The number of carbonyl (C=O) groups excluding carboxylic acids is 2. The summed E-state index contributed by atoms with van der Waals surface area (Å²) in [6.07, 6.45) is -0.0834. The van der Waals surface area contributed by atoms with Crippen LogP contribution >= 0.6 is 0 Å². The summed E-state index contributed by atoms with van der Waals surface area (Å²) >= 11 is 0. The van der Waals surface area contributed by atoms with Gasteiger partial charge in [-0.05, 0) is 12.5 Å². The van der Waals surface area contributed by atoms with Crippen LogP contribution in [-0.2, 0) is 14.4 Å². The topological polar surface area (TPSA) is 74.7 Å². The summed E-state index contributed by atoms with van der Waals surface area (Å²) in [7, 11) is 0. The molecule has 5 heteroatoms. The molecular formula is C14H15NO4. The summed E-state index contributed by atoms with van der Waals surface area (Å²) in [5, 5.41) is 8.62. The first-order valence-corrected chi connectivity index (χ1v) is 6.11. The highest BCUT2D eigenvalue weighted by molar-refractivity contribution is 6.06. The Morgan fingerprint density at radius 1 is 1.42 bits per heavy atom. The number of aryl methyl sites for hydroxylation is 1. The number of carboxylic acid groups (broad SMARTS) is 1. The normalized spacial score (nSPS) is 19.0. The fraction of sp³-hybridized carbons (Fsp3) is 0.357. The van der Waals surface area contributed by atoms with E-state index in [0.717, 1.165) is 16.0 Å². The first kappa shape index (κ1) is 13.3. The Bertz CT molecular complexity index is 538. The Labute approximate surface area is 110 Å². The van der Waals surface area contributed by atoms with Crippen molar-refractivity contribution in [2.75, 3.05) is 6.54 Å². The van der Waals surface area contributed by atoms with Gasteiger partial charge in [0.05, 0.1) is 12.3 Å². The predicted molar refractivity (Wildman–Crippen MR) is 67.5 cm³/mol. The van der Waals surface area contributed by atoms with Crippen LogP contribution < -0.4 is 0 Å². The smallest absolute Gasteiger partial charge is 0.305 e. The Kier molecular flexibility index (Phi) is 3.64. The van der Waals surface area contributed by atoms with Crippen LogP contribution in [0.5, 0.6) is 0 Å². The van der Waals surface area contributed by atoms with E-state index in [4.69, 9.17) is 5.11 Å². The zero-order valence-electron chi connectivity index (χ0n) is 10.6. The number of hydrogen-bond donors (Lipinski definition) is 1. The van der Waals surface area contributed by atoms with Crippen molar-refractivity contribution < 1.29 is 19.5 Å². The number of hydrogen-bond acceptors (Lipinski definition) is 3. The van der Waals surface area contributed by atoms with Crippen molar-refractivity contribution in [3.05, 3.63) is 35.4 Å². The van der Waals surface area contributed by atoms with Gasteiger partial charge in [0.15, 0.2) is 0 Å². The number of carbonyl (C=O) groups is 3. The van der Waals surface area contributed by atoms with E-state index in [1.807, 2.05) is 31.2 Å². The Morgan fingerprint density at radius 2 is 2.16 bits per heavy atom. The molecule has 0 saturated carbocycles. The molecule has 1 saturated heterocycles. The quantitative estimate of drug-likeness (QED) is 0.829. The molecule has 0 bridgehead atoms. The van der Waals surface area contributed by atoms with Crippen LogP contribution in [0.2, 0.25) is 0 Å². The van der Waals surface area contributed by atoms with E-state index in [1.165, 1.54) is 0 Å². The average molecular weight is 261 g/mol. The maximum Gasteiger partial charge on any atom is 0.305 e. The highest BCUT2D eigenvalue weighted by atomic mass is 16.4. The Hall–Kier alpha value is -2.17. The van der Waals surface area contributed by atoms with E-state index in [1.54, 1.807) is 0 Å². The van der Waals surface area contributed by atoms with E-state index < -0.39 is 11.9 Å². The van der Waals surface area contributed by atoms with Gasteiger partial charge in [-0.1, -0.05) is 29.8 Å². The molecule has 0 radical (unpaired) electrons. The van der Waals surface area contributed by atoms with Gasteiger partial charge >= 0.3 is 5.97 Å². The van der Waals surface area contributed by atoms with Crippen LogP contribution in [0.1, 0.15) is 29.9 Å². The standard InChI is InChI=1S/C14H15NO4/c1-9-3-2-4-10(7-9)11-8-12(16)15(14(11)19)6-5-13(17)18/h2-4,7,11H,5-6,8H2,1H3,(H,17,18). The van der Waals surface area contributed by atoms with E-state index in [9.17, 15) is 14.4 Å². The minimum absolute atomic E-state index is 0.0463. The van der Waals surface area contributed by atoms with E-state index in [2.05, 4.69) is 0 Å². The average Bonchev–Trinajstić information content (AvgIpc) is 2.62. The van der Waals surface area contributed by atoms with Crippen LogP contribution in [0.15, 0.2) is 24.3 Å². The van der Waals surface area contributed by atoms with Gasteiger partial charge < -0.3 is 5.11 Å². The molecule has 1 aromatic rings. The fourth-order valence-electron chi connectivity index (χ4n) is 2.27. The number of rotatable bonds is 4. The maximum atomic E-state index is 12.2. The van der Waals surface area contributed by atoms with Crippen LogP contribution in [-0.4, -0.2) is 34.3 Å². The van der Waals surface area contributed by atoms with E-state index >= 15 is 0 Å². The Balaban J connectivity index is 2.15. The van der Waals surface area contributed by atoms with Gasteiger partial charge in [-0.3, -0.25) is 19.3 Å². The summed E-state index contributed by atoms with van der Waals surface area (Å²) in [6, 6.07) is 7.48. The molecule has 2 amide bonds. The molecule has 1 aliphatic rings. The third-order valence-electron chi connectivity index (χ3n) is 3.24.